The second-order valence-corrected chi connectivity index (χ2v) is 13.9. The Bertz CT molecular complexity index is 1280. The van der Waals surface area contributed by atoms with Crippen molar-refractivity contribution in [2.24, 2.45) is 16.3 Å². The Balaban J connectivity index is 1.78. The van der Waals surface area contributed by atoms with Gasteiger partial charge >= 0.3 is 0 Å². The fraction of sp³-hybridized carbons (Fsp3) is 0.568. The maximum atomic E-state index is 15.3. The van der Waals surface area contributed by atoms with Crippen molar-refractivity contribution in [3.63, 3.8) is 0 Å². The average Bonchev–Trinajstić information content (AvgIpc) is 3.44. The molecule has 0 aromatic carbocycles. The van der Waals surface area contributed by atoms with Crippen LogP contribution in [0.3, 0.4) is 0 Å². The van der Waals surface area contributed by atoms with Gasteiger partial charge in [-0.2, -0.15) is 0 Å². The first-order chi connectivity index (χ1) is 20.5. The number of rotatable bonds is 14. The molecule has 2 fully saturated rings. The molecule has 1 aromatic heterocycles. The summed E-state index contributed by atoms with van der Waals surface area (Å²) >= 11 is 1.52. The van der Waals surface area contributed by atoms with Gasteiger partial charge in [-0.25, -0.2) is 9.38 Å². The molecule has 3 rings (SSSR count). The smallest absolute Gasteiger partial charge is 0.160 e. The topological polar surface area (TPSA) is 44.7 Å². The molecular formula is C37H54FN3OS. The van der Waals surface area contributed by atoms with E-state index < -0.39 is 5.83 Å². The van der Waals surface area contributed by atoms with Gasteiger partial charge in [0.2, 0.25) is 0 Å². The van der Waals surface area contributed by atoms with E-state index in [-0.39, 0.29) is 16.9 Å². The number of halogens is 1. The van der Waals surface area contributed by atoms with E-state index in [1.54, 1.807) is 13.8 Å². The Morgan fingerprint density at radius 1 is 1.16 bits per heavy atom. The molecule has 0 radical (unpaired) electrons. The molecule has 1 unspecified atom stereocenters. The normalized spacial score (nSPS) is 20.0. The van der Waals surface area contributed by atoms with Crippen LogP contribution in [0.5, 0.6) is 0 Å². The van der Waals surface area contributed by atoms with Gasteiger partial charge in [0.05, 0.1) is 4.88 Å². The van der Waals surface area contributed by atoms with Gasteiger partial charge in [-0.1, -0.05) is 72.6 Å². The van der Waals surface area contributed by atoms with Crippen LogP contribution >= 0.6 is 11.3 Å². The van der Waals surface area contributed by atoms with Gasteiger partial charge < -0.3 is 10.2 Å². The molecule has 1 aliphatic carbocycles. The Kier molecular flexibility index (Phi) is 12.4. The Morgan fingerprint density at radius 2 is 1.84 bits per heavy atom. The summed E-state index contributed by atoms with van der Waals surface area (Å²) in [5.74, 6) is 0.779. The summed E-state index contributed by atoms with van der Waals surface area (Å²) in [6, 6.07) is 1.83. The van der Waals surface area contributed by atoms with E-state index in [0.717, 1.165) is 56.0 Å². The van der Waals surface area contributed by atoms with E-state index in [1.807, 2.05) is 12.1 Å². The van der Waals surface area contributed by atoms with Crippen LogP contribution in [-0.2, 0) is 5.41 Å². The molecule has 236 valence electrons. The Hall–Kier alpha value is -2.73. The predicted molar refractivity (Wildman–Crippen MR) is 184 cm³/mol. The van der Waals surface area contributed by atoms with E-state index in [9.17, 15) is 4.79 Å². The SMILES string of the molecule is C=C/C(F)=C(\N=C(/C)NC(=C)/C=C\C(=C/C)N1CC(CC)(CC(C)CC)C1)c1cc(C(C)=O)c(C2(CC)CCCCC2)s1. The third-order valence-corrected chi connectivity index (χ3v) is 11.1. The second kappa shape index (κ2) is 15.3. The van der Waals surface area contributed by atoms with Crippen LogP contribution in [0, 0.1) is 11.3 Å². The lowest BCUT2D eigenvalue weighted by Crippen LogP contribution is -2.55. The monoisotopic (exact) mass is 607 g/mol. The van der Waals surface area contributed by atoms with Gasteiger partial charge in [0.15, 0.2) is 5.78 Å². The fourth-order valence-electron chi connectivity index (χ4n) is 6.82. The highest BCUT2D eigenvalue weighted by atomic mass is 32.1. The number of amidine groups is 1. The van der Waals surface area contributed by atoms with Gasteiger partial charge in [0.25, 0.3) is 0 Å². The van der Waals surface area contributed by atoms with Crippen molar-refractivity contribution >= 4 is 28.7 Å². The number of carbonyl (C=O) groups is 1. The molecule has 0 amide bonds. The summed E-state index contributed by atoms with van der Waals surface area (Å²) in [5, 5.41) is 3.23. The van der Waals surface area contributed by atoms with Crippen molar-refractivity contribution in [1.29, 1.82) is 0 Å². The number of hydrogen-bond donors (Lipinski definition) is 1. The van der Waals surface area contributed by atoms with Gasteiger partial charge in [-0.05, 0) is 83.1 Å². The van der Waals surface area contributed by atoms with Crippen molar-refractivity contribution in [3.05, 3.63) is 76.1 Å². The zero-order valence-electron chi connectivity index (χ0n) is 27.7. The number of nitrogens with one attached hydrogen (secondary N) is 1. The molecule has 2 heterocycles. The Morgan fingerprint density at radius 3 is 2.37 bits per heavy atom. The summed E-state index contributed by atoms with van der Waals surface area (Å²) < 4.78 is 15.3. The van der Waals surface area contributed by atoms with Crippen LogP contribution < -0.4 is 5.32 Å². The molecule has 1 N–H and O–H groups in total. The number of hydrogen-bond acceptors (Lipinski definition) is 4. The van der Waals surface area contributed by atoms with Crippen LogP contribution in [0.25, 0.3) is 5.70 Å². The molecule has 1 saturated heterocycles. The molecule has 4 nitrogen and oxygen atoms in total. The summed E-state index contributed by atoms with van der Waals surface area (Å²) in [6.45, 7) is 24.6. The number of aliphatic imine (C=N–C) groups is 1. The highest BCUT2D eigenvalue weighted by Crippen LogP contribution is 2.48. The van der Waals surface area contributed by atoms with Crippen LogP contribution in [0.2, 0.25) is 0 Å². The van der Waals surface area contributed by atoms with Crippen LogP contribution in [-0.4, -0.2) is 29.6 Å². The maximum Gasteiger partial charge on any atom is 0.160 e. The number of thiophene rings is 1. The average molecular weight is 608 g/mol. The minimum atomic E-state index is -0.509. The molecule has 1 aliphatic heterocycles. The van der Waals surface area contributed by atoms with Gasteiger partial charge in [-0.3, -0.25) is 4.79 Å². The number of likely N-dealkylation sites (tertiary alicyclic amines) is 1. The van der Waals surface area contributed by atoms with Crippen LogP contribution in [0.15, 0.2) is 65.7 Å². The van der Waals surface area contributed by atoms with Gasteiger partial charge in [0.1, 0.15) is 17.4 Å². The summed E-state index contributed by atoms with van der Waals surface area (Å²) in [6.07, 6.45) is 17.7. The van der Waals surface area contributed by atoms with E-state index in [2.05, 4.69) is 75.1 Å². The molecule has 6 heteroatoms. The van der Waals surface area contributed by atoms with Crippen LogP contribution in [0.1, 0.15) is 126 Å². The third-order valence-electron chi connectivity index (χ3n) is 9.74. The molecule has 0 bridgehead atoms. The molecule has 1 saturated carbocycles. The number of nitrogens with zero attached hydrogens (tertiary/aromatic N) is 2. The van der Waals surface area contributed by atoms with Crippen molar-refractivity contribution in [1.82, 2.24) is 10.2 Å². The van der Waals surface area contributed by atoms with Crippen molar-refractivity contribution in [2.75, 3.05) is 13.1 Å². The van der Waals surface area contributed by atoms with Gasteiger partial charge in [0, 0.05) is 45.8 Å². The molecule has 43 heavy (non-hydrogen) atoms. The standard InChI is InChI=1S/C37H54FN3OS/c1-10-26(6)23-36(13-4)24-41(25-36)30(11-2)19-18-27(7)39-29(9)40-34(32(38)12-3)33-22-31(28(8)42)35(43-33)37(14-5)20-16-15-17-21-37/h11-12,18-19,22,26H,3,7,10,13-17,20-21,23-25H2,1-2,4-6,8-9H3,(H,39,40)/b19-18-,30-11+,34-32+. The number of allylic oxidation sites excluding steroid dienone is 5. The van der Waals surface area contributed by atoms with E-state index in [0.29, 0.717) is 27.4 Å². The van der Waals surface area contributed by atoms with E-state index in [1.165, 1.54) is 48.8 Å². The highest BCUT2D eigenvalue weighted by Gasteiger charge is 2.42. The summed E-state index contributed by atoms with van der Waals surface area (Å²) in [4.78, 5) is 21.6. The summed E-state index contributed by atoms with van der Waals surface area (Å²) in [5.41, 5.74) is 3.13. The molecular weight excluding hydrogens is 553 g/mol. The lowest BCUT2D eigenvalue weighted by molar-refractivity contribution is 0.00732. The number of carbonyl (C=O) groups excluding carboxylic acids is 1. The van der Waals surface area contributed by atoms with Crippen molar-refractivity contribution < 1.29 is 9.18 Å². The van der Waals surface area contributed by atoms with E-state index in [4.69, 9.17) is 0 Å². The molecule has 1 atom stereocenters. The number of ketones is 1. The lowest BCUT2D eigenvalue weighted by atomic mass is 9.70. The van der Waals surface area contributed by atoms with Crippen LogP contribution in [0.4, 0.5) is 4.39 Å². The minimum Gasteiger partial charge on any atom is -0.371 e. The number of Topliss-reactive ketones (excluding diaryl/α,β-unsaturated/α-hetero) is 1. The minimum absolute atomic E-state index is 0.0182. The van der Waals surface area contributed by atoms with Gasteiger partial charge in [-0.15, -0.1) is 11.3 Å². The fourth-order valence-corrected chi connectivity index (χ4v) is 8.34. The van der Waals surface area contributed by atoms with Crippen molar-refractivity contribution in [2.45, 2.75) is 112 Å². The zero-order valence-corrected chi connectivity index (χ0v) is 28.6. The highest BCUT2D eigenvalue weighted by molar-refractivity contribution is 7.13. The second-order valence-electron chi connectivity index (χ2n) is 12.8. The first-order valence-corrected chi connectivity index (χ1v) is 17.1. The third kappa shape index (κ3) is 8.26. The summed E-state index contributed by atoms with van der Waals surface area (Å²) in [7, 11) is 0. The lowest BCUT2D eigenvalue weighted by Gasteiger charge is -2.53. The van der Waals surface area contributed by atoms with E-state index >= 15 is 4.39 Å². The predicted octanol–water partition coefficient (Wildman–Crippen LogP) is 10.5. The molecule has 2 aliphatic rings. The first-order valence-electron chi connectivity index (χ1n) is 16.2. The molecule has 0 spiro atoms. The zero-order chi connectivity index (χ0) is 31.8. The Labute approximate surface area is 264 Å². The maximum absolute atomic E-state index is 15.3. The first kappa shape index (κ1) is 34.8. The largest absolute Gasteiger partial charge is 0.371 e. The quantitative estimate of drug-likeness (QED) is 0.0990. The molecule has 1 aromatic rings. The van der Waals surface area contributed by atoms with Crippen molar-refractivity contribution in [3.8, 4) is 0 Å².